The molecule has 1 aromatic carbocycles. The highest BCUT2D eigenvalue weighted by Crippen LogP contribution is 2.20. The molecular weight excluding hydrogens is 248 g/mol. The summed E-state index contributed by atoms with van der Waals surface area (Å²) >= 11 is 0. The van der Waals surface area contributed by atoms with E-state index in [4.69, 9.17) is 5.73 Å². The van der Waals surface area contributed by atoms with Crippen LogP contribution in [0.25, 0.3) is 0 Å². The third kappa shape index (κ3) is 5.22. The molecule has 0 amide bonds. The number of benzene rings is 1. The lowest BCUT2D eigenvalue weighted by Gasteiger charge is -2.21. The molecule has 0 aliphatic carbocycles. The summed E-state index contributed by atoms with van der Waals surface area (Å²) in [6, 6.07) is 3.67. The summed E-state index contributed by atoms with van der Waals surface area (Å²) in [4.78, 5) is 4.24. The maximum absolute atomic E-state index is 13.6. The number of nitrogens with two attached hydrogens (primary N) is 1. The van der Waals surface area contributed by atoms with Gasteiger partial charge < -0.3 is 15.5 Å². The Balaban J connectivity index is 2.47. The van der Waals surface area contributed by atoms with E-state index in [2.05, 4.69) is 9.80 Å². The largest absolute Gasteiger partial charge is 0.324 e. The predicted octanol–water partition coefficient (Wildman–Crippen LogP) is 1.85. The fraction of sp³-hybridized carbons (Fsp3) is 0.571. The third-order valence-corrected chi connectivity index (χ3v) is 3.13. The summed E-state index contributed by atoms with van der Waals surface area (Å²) in [6.07, 6.45) is 0.601. The quantitative estimate of drug-likeness (QED) is 0.821. The van der Waals surface area contributed by atoms with E-state index in [9.17, 15) is 8.78 Å². The van der Waals surface area contributed by atoms with Crippen molar-refractivity contribution in [2.75, 3.05) is 40.8 Å². The van der Waals surface area contributed by atoms with E-state index in [-0.39, 0.29) is 5.56 Å². The molecule has 0 aromatic heterocycles. The summed E-state index contributed by atoms with van der Waals surface area (Å²) in [5, 5.41) is 0. The van der Waals surface area contributed by atoms with E-state index < -0.39 is 17.7 Å². The number of hydrogen-bond donors (Lipinski definition) is 1. The number of likely N-dealkylation sites (N-methyl/N-ethyl adjacent to an activating group) is 2. The Bertz CT molecular complexity index is 396. The van der Waals surface area contributed by atoms with Crippen LogP contribution in [0, 0.1) is 11.6 Å². The van der Waals surface area contributed by atoms with Gasteiger partial charge in [-0.3, -0.25) is 0 Å². The highest BCUT2D eigenvalue weighted by atomic mass is 19.2. The molecule has 108 valence electrons. The molecule has 0 radical (unpaired) electrons. The molecule has 0 aliphatic rings. The summed E-state index contributed by atoms with van der Waals surface area (Å²) < 4.78 is 26.7. The predicted molar refractivity (Wildman–Crippen MR) is 74.0 cm³/mol. The molecule has 0 saturated carbocycles. The molecule has 1 aromatic rings. The molecule has 0 bridgehead atoms. The highest BCUT2D eigenvalue weighted by Gasteiger charge is 2.15. The molecule has 3 nitrogen and oxygen atoms in total. The van der Waals surface area contributed by atoms with Gasteiger partial charge >= 0.3 is 0 Å². The topological polar surface area (TPSA) is 32.5 Å². The molecule has 1 atom stereocenters. The zero-order valence-corrected chi connectivity index (χ0v) is 11.9. The smallest absolute Gasteiger partial charge is 0.163 e. The van der Waals surface area contributed by atoms with Crippen molar-refractivity contribution in [2.24, 2.45) is 5.73 Å². The van der Waals surface area contributed by atoms with E-state index in [0.717, 1.165) is 25.7 Å². The van der Waals surface area contributed by atoms with Crippen LogP contribution in [0.15, 0.2) is 18.2 Å². The van der Waals surface area contributed by atoms with Crippen molar-refractivity contribution in [1.82, 2.24) is 9.80 Å². The molecule has 2 N–H and O–H groups in total. The van der Waals surface area contributed by atoms with Crippen LogP contribution in [-0.4, -0.2) is 50.6 Å². The Hall–Kier alpha value is -1.04. The second kappa shape index (κ2) is 7.53. The fourth-order valence-corrected chi connectivity index (χ4v) is 1.80. The number of halogens is 2. The van der Waals surface area contributed by atoms with Crippen LogP contribution in [0.5, 0.6) is 0 Å². The van der Waals surface area contributed by atoms with Gasteiger partial charge in [-0.05, 0) is 40.2 Å². The fourth-order valence-electron chi connectivity index (χ4n) is 1.80. The molecule has 5 heteroatoms. The lowest BCUT2D eigenvalue weighted by Crippen LogP contribution is -2.31. The summed E-state index contributed by atoms with van der Waals surface area (Å²) in [5.74, 6) is -1.67. The van der Waals surface area contributed by atoms with E-state index in [0.29, 0.717) is 6.42 Å². The van der Waals surface area contributed by atoms with Crippen LogP contribution < -0.4 is 5.73 Å². The Morgan fingerprint density at radius 2 is 1.79 bits per heavy atom. The SMILES string of the molecule is CN(C)CCN(C)CCC(N)c1cccc(F)c1F. The molecule has 0 aliphatic heterocycles. The first kappa shape index (κ1) is 16.0. The second-order valence-electron chi connectivity index (χ2n) is 5.14. The van der Waals surface area contributed by atoms with Gasteiger partial charge in [-0.2, -0.15) is 0 Å². The average Bonchev–Trinajstić information content (AvgIpc) is 2.36. The van der Waals surface area contributed by atoms with Crippen LogP contribution in [0.2, 0.25) is 0 Å². The maximum atomic E-state index is 13.6. The van der Waals surface area contributed by atoms with Gasteiger partial charge in [0.2, 0.25) is 0 Å². The van der Waals surface area contributed by atoms with Crippen molar-refractivity contribution in [3.05, 3.63) is 35.4 Å². The van der Waals surface area contributed by atoms with Crippen molar-refractivity contribution in [1.29, 1.82) is 0 Å². The van der Waals surface area contributed by atoms with E-state index >= 15 is 0 Å². The average molecular weight is 271 g/mol. The van der Waals surface area contributed by atoms with Gasteiger partial charge in [0, 0.05) is 24.7 Å². The van der Waals surface area contributed by atoms with Gasteiger partial charge in [0.25, 0.3) is 0 Å². The highest BCUT2D eigenvalue weighted by molar-refractivity contribution is 5.22. The van der Waals surface area contributed by atoms with Crippen LogP contribution in [0.1, 0.15) is 18.0 Å². The van der Waals surface area contributed by atoms with Gasteiger partial charge in [0.15, 0.2) is 11.6 Å². The molecule has 0 heterocycles. The first-order valence-corrected chi connectivity index (χ1v) is 6.44. The zero-order valence-electron chi connectivity index (χ0n) is 11.9. The monoisotopic (exact) mass is 271 g/mol. The van der Waals surface area contributed by atoms with Crippen molar-refractivity contribution in [3.8, 4) is 0 Å². The Kier molecular flexibility index (Phi) is 6.34. The van der Waals surface area contributed by atoms with Gasteiger partial charge in [0.1, 0.15) is 0 Å². The molecule has 19 heavy (non-hydrogen) atoms. The van der Waals surface area contributed by atoms with Crippen molar-refractivity contribution in [2.45, 2.75) is 12.5 Å². The molecular formula is C14H23F2N3. The van der Waals surface area contributed by atoms with E-state index in [1.165, 1.54) is 6.07 Å². The van der Waals surface area contributed by atoms with Crippen molar-refractivity contribution in [3.63, 3.8) is 0 Å². The molecule has 1 unspecified atom stereocenters. The van der Waals surface area contributed by atoms with E-state index in [1.54, 1.807) is 6.07 Å². The summed E-state index contributed by atoms with van der Waals surface area (Å²) in [5.41, 5.74) is 6.18. The molecule has 0 fully saturated rings. The van der Waals surface area contributed by atoms with Gasteiger partial charge in [0.05, 0.1) is 0 Å². The van der Waals surface area contributed by atoms with Crippen LogP contribution in [-0.2, 0) is 0 Å². The molecule has 0 spiro atoms. The first-order valence-electron chi connectivity index (χ1n) is 6.44. The maximum Gasteiger partial charge on any atom is 0.163 e. The normalized spacial score (nSPS) is 13.3. The second-order valence-corrected chi connectivity index (χ2v) is 5.14. The summed E-state index contributed by atoms with van der Waals surface area (Å²) in [6.45, 7) is 2.64. The molecule has 1 rings (SSSR count). The summed E-state index contributed by atoms with van der Waals surface area (Å²) in [7, 11) is 6.03. The van der Waals surface area contributed by atoms with Gasteiger partial charge in [-0.15, -0.1) is 0 Å². The van der Waals surface area contributed by atoms with Gasteiger partial charge in [-0.25, -0.2) is 8.78 Å². The van der Waals surface area contributed by atoms with Crippen molar-refractivity contribution >= 4 is 0 Å². The number of hydrogen-bond acceptors (Lipinski definition) is 3. The zero-order chi connectivity index (χ0) is 14.4. The minimum atomic E-state index is -0.839. The lowest BCUT2D eigenvalue weighted by molar-refractivity contribution is 0.273. The number of nitrogens with zero attached hydrogens (tertiary/aromatic N) is 2. The van der Waals surface area contributed by atoms with Crippen LogP contribution in [0.4, 0.5) is 8.78 Å². The Morgan fingerprint density at radius 3 is 2.42 bits per heavy atom. The Morgan fingerprint density at radius 1 is 1.11 bits per heavy atom. The lowest BCUT2D eigenvalue weighted by atomic mass is 10.0. The Labute approximate surface area is 114 Å². The first-order chi connectivity index (χ1) is 8.91. The molecule has 0 saturated heterocycles. The van der Waals surface area contributed by atoms with E-state index in [1.807, 2.05) is 21.1 Å². The minimum absolute atomic E-state index is 0.251. The minimum Gasteiger partial charge on any atom is -0.324 e. The van der Waals surface area contributed by atoms with Crippen LogP contribution >= 0.6 is 0 Å². The van der Waals surface area contributed by atoms with Gasteiger partial charge in [-0.1, -0.05) is 12.1 Å². The standard InChI is InChI=1S/C14H23F2N3/c1-18(2)9-10-19(3)8-7-13(17)11-5-4-6-12(15)14(11)16/h4-6,13H,7-10,17H2,1-3H3. The third-order valence-electron chi connectivity index (χ3n) is 3.13. The van der Waals surface area contributed by atoms with Crippen molar-refractivity contribution < 1.29 is 8.78 Å². The number of rotatable bonds is 7. The van der Waals surface area contributed by atoms with Crippen LogP contribution in [0.3, 0.4) is 0 Å².